The van der Waals surface area contributed by atoms with Crippen LogP contribution in [0.4, 0.5) is 5.69 Å². The van der Waals surface area contributed by atoms with E-state index >= 15 is 0 Å². The minimum Gasteiger partial charge on any atom is -0.0620 e. The van der Waals surface area contributed by atoms with Gasteiger partial charge in [-0.2, -0.15) is 5.25 Å². The monoisotopic (exact) mass is 700 g/mol. The van der Waals surface area contributed by atoms with Crippen molar-refractivity contribution in [1.82, 2.24) is 0 Å². The maximum atomic E-state index is 5.89. The molecule has 0 radical (unpaired) electrons. The molecule has 1 fully saturated rings. The summed E-state index contributed by atoms with van der Waals surface area (Å²) in [7, 11) is 3.39. The van der Waals surface area contributed by atoms with Gasteiger partial charge < -0.3 is 12.6 Å². The van der Waals surface area contributed by atoms with Gasteiger partial charge in [0.15, 0.2) is 0 Å². The van der Waals surface area contributed by atoms with Gasteiger partial charge in [-0.1, -0.05) is 134 Å². The number of aliphatic imine (C=N–C) groups is 1. The van der Waals surface area contributed by atoms with E-state index in [1.807, 2.05) is 0 Å². The minimum absolute atomic E-state index is 0.300. The molecule has 4 aromatic carbocycles. The van der Waals surface area contributed by atoms with Crippen molar-refractivity contribution in [2.45, 2.75) is 78.4 Å². The molecule has 45 heavy (non-hydrogen) atoms. The molecule has 0 aliphatic heterocycles. The first-order valence-corrected chi connectivity index (χ1v) is 19.4. The normalized spacial score (nSPS) is 18.1. The maximum Gasteiger partial charge on any atom is 0.102 e. The van der Waals surface area contributed by atoms with E-state index in [9.17, 15) is 0 Å². The predicted octanol–water partition coefficient (Wildman–Crippen LogP) is 10.5. The minimum atomic E-state index is -0.877. The molecule has 4 aromatic rings. The number of hydrogen-bond acceptors (Lipinski definition) is 2. The molecule has 1 aliphatic rings. The molecule has 0 N–H and O–H groups in total. The summed E-state index contributed by atoms with van der Waals surface area (Å²) < 4.78 is 0. The Morgan fingerprint density at radius 3 is 1.42 bits per heavy atom. The molecule has 5 rings (SSSR count). The molecule has 1 nitrogen and oxygen atoms in total. The van der Waals surface area contributed by atoms with Gasteiger partial charge in [0.25, 0.3) is 0 Å². The predicted molar refractivity (Wildman–Crippen MR) is 202 cm³/mol. The first kappa shape index (κ1) is 37.6. The molecule has 3 atom stereocenters. The largest absolute Gasteiger partial charge is 0.102 e. The molecule has 0 aromatic heterocycles. The molecular formula is C40H50ClNNiPS. The molecule has 1 aliphatic carbocycles. The van der Waals surface area contributed by atoms with E-state index in [1.54, 1.807) is 0 Å². The van der Waals surface area contributed by atoms with Crippen LogP contribution in [-0.2, 0) is 27.2 Å². The van der Waals surface area contributed by atoms with Crippen LogP contribution in [0.15, 0.2) is 114 Å². The molecule has 0 bridgehead atoms. The molecule has 243 valence electrons. The smallest absolute Gasteiger partial charge is 0.0620 e. The Balaban J connectivity index is 0.000000238. The van der Waals surface area contributed by atoms with Crippen molar-refractivity contribution in [2.75, 3.05) is 0 Å². The molecule has 0 spiro atoms. The average Bonchev–Trinajstić information content (AvgIpc) is 3.43. The summed E-state index contributed by atoms with van der Waals surface area (Å²) in [6, 6.07) is 39.1. The van der Waals surface area contributed by atoms with E-state index in [2.05, 4.69) is 189 Å². The van der Waals surface area contributed by atoms with Crippen LogP contribution in [0.3, 0.4) is 0 Å². The third-order valence-corrected chi connectivity index (χ3v) is 12.1. The Morgan fingerprint density at radius 1 is 0.689 bits per heavy atom. The van der Waals surface area contributed by atoms with Gasteiger partial charge in [0.2, 0.25) is 0 Å². The van der Waals surface area contributed by atoms with Crippen molar-refractivity contribution >= 4 is 58.6 Å². The van der Waals surface area contributed by atoms with Crippen molar-refractivity contribution in [3.8, 4) is 0 Å². The summed E-state index contributed by atoms with van der Waals surface area (Å²) in [6.45, 7) is 16.0. The first-order valence-electron chi connectivity index (χ1n) is 16.1. The van der Waals surface area contributed by atoms with Crippen molar-refractivity contribution in [2.24, 2.45) is 22.2 Å². The molecule has 0 saturated heterocycles. The van der Waals surface area contributed by atoms with Gasteiger partial charge in [-0.25, -0.2) is 0 Å². The van der Waals surface area contributed by atoms with Gasteiger partial charge >= 0.3 is 24.8 Å². The fourth-order valence-corrected chi connectivity index (χ4v) is 9.56. The quantitative estimate of drug-likeness (QED) is 0.0809. The zero-order chi connectivity index (χ0) is 33.0. The Bertz CT molecular complexity index is 1320. The molecule has 5 heteroatoms. The first-order chi connectivity index (χ1) is 21.6. The number of benzene rings is 4. The third-order valence-electron chi connectivity index (χ3n) is 8.67. The van der Waals surface area contributed by atoms with Crippen molar-refractivity contribution < 1.29 is 14.6 Å². The number of hydrogen-bond donors (Lipinski definition) is 0. The standard InChI is InChI=1S/C22H35NS.C18H15P.ClH.Ni/c1-14(2)17-9-8-10-18(15(3)4)20(17)23-13-16-11-12-19(21(16)24)22(5,6)7;1-4-10-16(11-5-1)19(17-12-6-2-7-13-17)18-14-8-3-9-15-18;;/h8-10,13-16,19,21,24H,11-12H2,1-7H3;1-15H;1H;/q;;;+1/p-1. The van der Waals surface area contributed by atoms with Gasteiger partial charge in [-0.05, 0) is 77.1 Å². The Morgan fingerprint density at radius 2 is 1.09 bits per heavy atom. The van der Waals surface area contributed by atoms with Crippen LogP contribution in [0.5, 0.6) is 0 Å². The molecule has 0 heterocycles. The SMILES string of the molecule is CC(C)c1cccc(C(C)C)c1N=CC1CCC(C(C)(C)C)C1[S-].[Cl][Ni].c1ccc([PH+](c2ccccc2)c2ccccc2)cc1. The number of rotatable bonds is 7. The average molecular weight is 702 g/mol. The van der Waals surface area contributed by atoms with E-state index in [4.69, 9.17) is 17.6 Å². The van der Waals surface area contributed by atoms with Crippen molar-refractivity contribution in [3.05, 3.63) is 120 Å². The summed E-state index contributed by atoms with van der Waals surface area (Å²) in [6.07, 6.45) is 4.59. The van der Waals surface area contributed by atoms with Gasteiger partial charge in [0, 0.05) is 6.21 Å². The van der Waals surface area contributed by atoms with Crippen LogP contribution in [-0.4, -0.2) is 11.5 Å². The second-order valence-corrected chi connectivity index (χ2v) is 16.6. The molecule has 3 unspecified atom stereocenters. The van der Waals surface area contributed by atoms with Crippen molar-refractivity contribution in [3.63, 3.8) is 0 Å². The fraction of sp³-hybridized carbons (Fsp3) is 0.375. The third kappa shape index (κ3) is 10.6. The topological polar surface area (TPSA) is 12.4 Å². The van der Waals surface area contributed by atoms with Gasteiger partial charge in [-0.15, -0.1) is 0 Å². The van der Waals surface area contributed by atoms with Crippen LogP contribution >= 0.6 is 18.1 Å². The molecular weight excluding hydrogens is 652 g/mol. The second kappa shape index (κ2) is 18.5. The summed E-state index contributed by atoms with van der Waals surface area (Å²) >= 11 is 9.23. The Kier molecular flexibility index (Phi) is 15.4. The second-order valence-electron chi connectivity index (χ2n) is 13.5. The van der Waals surface area contributed by atoms with E-state index in [0.717, 1.165) is 0 Å². The van der Waals surface area contributed by atoms with Crippen molar-refractivity contribution in [1.29, 1.82) is 0 Å². The van der Waals surface area contributed by atoms with Crippen LogP contribution in [0.1, 0.15) is 84.3 Å². The van der Waals surface area contributed by atoms with Gasteiger partial charge in [-0.3, -0.25) is 4.99 Å². The maximum absolute atomic E-state index is 5.89. The molecule has 1 saturated carbocycles. The van der Waals surface area contributed by atoms with E-state index in [0.29, 0.717) is 34.3 Å². The number of para-hydroxylation sites is 1. The summed E-state index contributed by atoms with van der Waals surface area (Å²) in [5.74, 6) is 2.03. The van der Waals surface area contributed by atoms with E-state index in [1.165, 1.54) is 45.6 Å². The fourth-order valence-electron chi connectivity index (χ4n) is 6.23. The zero-order valence-electron chi connectivity index (χ0n) is 27.8. The van der Waals surface area contributed by atoms with Gasteiger partial charge in [0.1, 0.15) is 15.9 Å². The zero-order valence-corrected chi connectivity index (χ0v) is 31.4. The summed E-state index contributed by atoms with van der Waals surface area (Å²) in [5.41, 5.74) is 4.19. The summed E-state index contributed by atoms with van der Waals surface area (Å²) in [5, 5.41) is 4.61. The van der Waals surface area contributed by atoms with Gasteiger partial charge in [0.05, 0.1) is 13.6 Å². The van der Waals surface area contributed by atoms with E-state index < -0.39 is 7.92 Å². The summed E-state index contributed by atoms with van der Waals surface area (Å²) in [4.78, 5) is 5.01. The van der Waals surface area contributed by atoms with Crippen LogP contribution in [0, 0.1) is 17.3 Å². The van der Waals surface area contributed by atoms with Crippen LogP contribution in [0.2, 0.25) is 0 Å². The Hall–Kier alpha value is -1.89. The molecule has 0 amide bonds. The Labute approximate surface area is 292 Å². The number of nitrogens with zero attached hydrogens (tertiary/aromatic N) is 1. The van der Waals surface area contributed by atoms with E-state index in [-0.39, 0.29) is 0 Å². The van der Waals surface area contributed by atoms with Crippen LogP contribution < -0.4 is 15.9 Å². The van der Waals surface area contributed by atoms with Crippen LogP contribution in [0.25, 0.3) is 0 Å². The number of halogens is 1.